The summed E-state index contributed by atoms with van der Waals surface area (Å²) in [4.78, 5) is 34.0. The molecule has 1 unspecified atom stereocenters. The number of carbonyl (C=O) groups is 3. The van der Waals surface area contributed by atoms with Gasteiger partial charge in [0.15, 0.2) is 6.29 Å². The largest absolute Gasteiger partial charge is 0.481 e. The van der Waals surface area contributed by atoms with Crippen LogP contribution in [0.25, 0.3) is 0 Å². The fourth-order valence-electron chi connectivity index (χ4n) is 1.23. The van der Waals surface area contributed by atoms with Crippen molar-refractivity contribution in [2.24, 2.45) is 11.8 Å². The van der Waals surface area contributed by atoms with E-state index in [4.69, 9.17) is 9.84 Å². The topological polar surface area (TPSA) is 115 Å². The van der Waals surface area contributed by atoms with E-state index in [2.05, 4.69) is 20.8 Å². The Hall–Kier alpha value is -1.47. The fraction of sp³-hybridized carbons (Fsp3) is 0.812. The molecule has 7 heteroatoms. The zero-order chi connectivity index (χ0) is 17.7. The molecule has 0 aromatic carbocycles. The molecule has 0 rings (SSSR count). The zero-order valence-corrected chi connectivity index (χ0v) is 15.2. The average molecular weight is 335 g/mol. The molecule has 1 atom stereocenters. The summed E-state index contributed by atoms with van der Waals surface area (Å²) in [5, 5.41) is 8.47. The quantitative estimate of drug-likeness (QED) is 0.639. The summed E-state index contributed by atoms with van der Waals surface area (Å²) in [6, 6.07) is 0. The van der Waals surface area contributed by atoms with Crippen molar-refractivity contribution >= 4 is 18.2 Å². The Labute approximate surface area is 139 Å². The third-order valence-electron chi connectivity index (χ3n) is 2.23. The molecule has 0 spiro atoms. The van der Waals surface area contributed by atoms with Crippen molar-refractivity contribution in [3.05, 3.63) is 0 Å². The van der Waals surface area contributed by atoms with Gasteiger partial charge in [-0.05, 0) is 11.8 Å². The predicted molar refractivity (Wildman–Crippen MR) is 89.3 cm³/mol. The van der Waals surface area contributed by atoms with Crippen molar-refractivity contribution in [1.82, 2.24) is 4.90 Å². The minimum absolute atomic E-state index is 0. The molecule has 3 N–H and O–H groups in total. The van der Waals surface area contributed by atoms with E-state index < -0.39 is 12.1 Å². The van der Waals surface area contributed by atoms with Gasteiger partial charge in [-0.1, -0.05) is 34.6 Å². The molecule has 0 heterocycles. The van der Waals surface area contributed by atoms with Crippen LogP contribution in [0, 0.1) is 11.8 Å². The number of nitrogens with zero attached hydrogens (tertiary/aromatic N) is 1. The highest BCUT2D eigenvalue weighted by Crippen LogP contribution is 2.01. The van der Waals surface area contributed by atoms with Crippen LogP contribution in [0.2, 0.25) is 0 Å². The Morgan fingerprint density at radius 2 is 1.61 bits per heavy atom. The second kappa shape index (κ2) is 15.4. The van der Waals surface area contributed by atoms with E-state index in [1.54, 1.807) is 0 Å². The minimum atomic E-state index is -1.01. The Bertz CT molecular complexity index is 328. The molecule has 23 heavy (non-hydrogen) atoms. The standard InChI is InChI=1S/C12H21NO5.C4H10.H2O/c1-9(2)8-18-10(7-14)6-13(3)11(15)4-5-12(16)17;1-4(2)3;/h7,9-10H,4-6,8H2,1-3H3,(H,16,17);4H,1-3H3;1H2. The maximum atomic E-state index is 11.5. The number of amides is 1. The van der Waals surface area contributed by atoms with Gasteiger partial charge in [0.05, 0.1) is 13.0 Å². The lowest BCUT2D eigenvalue weighted by molar-refractivity contribution is -0.141. The minimum Gasteiger partial charge on any atom is -0.481 e. The van der Waals surface area contributed by atoms with Crippen LogP contribution in [0.15, 0.2) is 0 Å². The lowest BCUT2D eigenvalue weighted by Crippen LogP contribution is -2.37. The first-order valence-electron chi connectivity index (χ1n) is 7.62. The summed E-state index contributed by atoms with van der Waals surface area (Å²) in [6.07, 6.45) is -0.279. The maximum absolute atomic E-state index is 11.5. The van der Waals surface area contributed by atoms with Crippen LogP contribution in [-0.2, 0) is 19.1 Å². The molecule has 0 aromatic heterocycles. The number of hydrogen-bond acceptors (Lipinski definition) is 4. The molecule has 0 aliphatic carbocycles. The number of rotatable bonds is 9. The molecule has 138 valence electrons. The van der Waals surface area contributed by atoms with E-state index in [0.29, 0.717) is 18.8 Å². The Morgan fingerprint density at radius 1 is 1.13 bits per heavy atom. The molecule has 0 aromatic rings. The molecular formula is C16H33NO6. The summed E-state index contributed by atoms with van der Waals surface area (Å²) in [6.45, 7) is 11.0. The van der Waals surface area contributed by atoms with Crippen LogP contribution in [0.4, 0.5) is 0 Å². The van der Waals surface area contributed by atoms with E-state index in [0.717, 1.165) is 5.92 Å². The molecule has 0 fully saturated rings. The smallest absolute Gasteiger partial charge is 0.303 e. The highest BCUT2D eigenvalue weighted by atomic mass is 16.5. The summed E-state index contributed by atoms with van der Waals surface area (Å²) in [5.74, 6) is -0.183. The normalized spacial score (nSPS) is 11.1. The zero-order valence-electron chi connectivity index (χ0n) is 15.2. The first kappa shape index (κ1) is 26.4. The molecular weight excluding hydrogens is 302 g/mol. The number of ether oxygens (including phenoxy) is 1. The van der Waals surface area contributed by atoms with Crippen molar-refractivity contribution in [2.45, 2.75) is 53.6 Å². The number of carboxylic acids is 1. The Balaban J connectivity index is -0.000000712. The van der Waals surface area contributed by atoms with Gasteiger partial charge < -0.3 is 25.0 Å². The second-order valence-electron chi connectivity index (χ2n) is 6.30. The molecule has 0 saturated heterocycles. The molecule has 7 nitrogen and oxygen atoms in total. The number of hydrogen-bond donors (Lipinski definition) is 1. The fourth-order valence-corrected chi connectivity index (χ4v) is 1.23. The third kappa shape index (κ3) is 20.5. The number of carboxylic acid groups (broad SMARTS) is 1. The third-order valence-corrected chi connectivity index (χ3v) is 2.23. The van der Waals surface area contributed by atoms with E-state index in [9.17, 15) is 14.4 Å². The summed E-state index contributed by atoms with van der Waals surface area (Å²) in [5.41, 5.74) is 0. The van der Waals surface area contributed by atoms with Crippen LogP contribution < -0.4 is 0 Å². The highest BCUT2D eigenvalue weighted by molar-refractivity contribution is 5.80. The number of carbonyl (C=O) groups excluding carboxylic acids is 2. The molecule has 0 aliphatic rings. The van der Waals surface area contributed by atoms with E-state index >= 15 is 0 Å². The molecule has 0 aliphatic heterocycles. The van der Waals surface area contributed by atoms with Gasteiger partial charge in [-0.15, -0.1) is 0 Å². The first-order valence-corrected chi connectivity index (χ1v) is 7.62. The lowest BCUT2D eigenvalue weighted by atomic mass is 10.2. The Morgan fingerprint density at radius 3 is 1.96 bits per heavy atom. The number of likely N-dealkylation sites (N-methyl/N-ethyl adjacent to an activating group) is 1. The van der Waals surface area contributed by atoms with Crippen LogP contribution in [0.3, 0.4) is 0 Å². The van der Waals surface area contributed by atoms with Gasteiger partial charge in [0.2, 0.25) is 5.91 Å². The Kier molecular flexibility index (Phi) is 17.7. The van der Waals surface area contributed by atoms with Crippen molar-refractivity contribution < 1.29 is 29.7 Å². The first-order chi connectivity index (χ1) is 10.1. The van der Waals surface area contributed by atoms with Gasteiger partial charge in [-0.2, -0.15) is 0 Å². The van der Waals surface area contributed by atoms with Gasteiger partial charge in [-0.3, -0.25) is 9.59 Å². The van der Waals surface area contributed by atoms with Crippen molar-refractivity contribution in [3.8, 4) is 0 Å². The van der Waals surface area contributed by atoms with Gasteiger partial charge in [0.1, 0.15) is 6.10 Å². The summed E-state index contributed by atoms with van der Waals surface area (Å²) >= 11 is 0. The van der Waals surface area contributed by atoms with E-state index in [1.165, 1.54) is 11.9 Å². The predicted octanol–water partition coefficient (Wildman–Crippen LogP) is 1.39. The molecule has 0 bridgehead atoms. The van der Waals surface area contributed by atoms with Crippen LogP contribution in [0.1, 0.15) is 47.5 Å². The molecule has 0 saturated carbocycles. The van der Waals surface area contributed by atoms with E-state index in [-0.39, 0.29) is 30.8 Å². The van der Waals surface area contributed by atoms with Crippen molar-refractivity contribution in [2.75, 3.05) is 20.2 Å². The highest BCUT2D eigenvalue weighted by Gasteiger charge is 2.16. The molecule has 1 amide bonds. The van der Waals surface area contributed by atoms with Crippen molar-refractivity contribution in [1.29, 1.82) is 0 Å². The van der Waals surface area contributed by atoms with Gasteiger partial charge >= 0.3 is 5.97 Å². The monoisotopic (exact) mass is 335 g/mol. The van der Waals surface area contributed by atoms with Gasteiger partial charge in [0, 0.05) is 20.1 Å². The van der Waals surface area contributed by atoms with Gasteiger partial charge in [-0.25, -0.2) is 0 Å². The van der Waals surface area contributed by atoms with E-state index in [1.807, 2.05) is 13.8 Å². The maximum Gasteiger partial charge on any atom is 0.303 e. The average Bonchev–Trinajstić information content (AvgIpc) is 2.39. The van der Waals surface area contributed by atoms with Crippen LogP contribution >= 0.6 is 0 Å². The van der Waals surface area contributed by atoms with Gasteiger partial charge in [0.25, 0.3) is 0 Å². The number of aliphatic carboxylic acids is 1. The van der Waals surface area contributed by atoms with Crippen LogP contribution in [0.5, 0.6) is 0 Å². The summed E-state index contributed by atoms with van der Waals surface area (Å²) in [7, 11) is 1.53. The summed E-state index contributed by atoms with van der Waals surface area (Å²) < 4.78 is 5.32. The second-order valence-corrected chi connectivity index (χ2v) is 6.30. The van der Waals surface area contributed by atoms with Crippen LogP contribution in [-0.4, -0.2) is 59.9 Å². The SMILES string of the molecule is CC(C)C.CC(C)COC(C=O)CN(C)C(=O)CCC(=O)O.O. The lowest BCUT2D eigenvalue weighted by Gasteiger charge is -2.21. The number of aldehydes is 1. The van der Waals surface area contributed by atoms with Crippen molar-refractivity contribution in [3.63, 3.8) is 0 Å². The molecule has 0 radical (unpaired) electrons.